The molecule has 2 aromatic rings. The van der Waals surface area contributed by atoms with E-state index >= 15 is 0 Å². The summed E-state index contributed by atoms with van der Waals surface area (Å²) < 4.78 is 10.3. The first kappa shape index (κ1) is 8.35. The van der Waals surface area contributed by atoms with Crippen molar-refractivity contribution < 1.29 is 14.1 Å². The van der Waals surface area contributed by atoms with Crippen LogP contribution in [-0.4, -0.2) is 38.0 Å². The number of aromatic nitrogens is 5. The van der Waals surface area contributed by atoms with E-state index in [0.717, 1.165) is 0 Å². The second-order valence-electron chi connectivity index (χ2n) is 2.23. The molecule has 8 nitrogen and oxygen atoms in total. The molecule has 0 amide bonds. The fourth-order valence-electron chi connectivity index (χ4n) is 0.790. The van der Waals surface area contributed by atoms with Gasteiger partial charge < -0.3 is 9.26 Å². The van der Waals surface area contributed by atoms with E-state index in [2.05, 4.69) is 29.5 Å². The Hall–Kier alpha value is -2.25. The number of carbonyl (C=O) groups excluding carboxylic acids is 1. The number of nitrogens with zero attached hydrogens (tertiary/aromatic N) is 5. The first-order chi connectivity index (χ1) is 6.81. The van der Waals surface area contributed by atoms with Crippen LogP contribution in [0.25, 0.3) is 5.95 Å². The molecule has 0 saturated carbocycles. The topological polar surface area (TPSA) is 95.9 Å². The molecule has 2 aromatic heterocycles. The molecule has 0 unspecified atom stereocenters. The van der Waals surface area contributed by atoms with E-state index in [4.69, 9.17) is 0 Å². The summed E-state index contributed by atoms with van der Waals surface area (Å²) in [7, 11) is 1.22. The normalized spacial score (nSPS) is 10.1. The summed E-state index contributed by atoms with van der Waals surface area (Å²) >= 11 is 0. The van der Waals surface area contributed by atoms with Gasteiger partial charge in [-0.15, -0.1) is 0 Å². The number of methoxy groups -OCH3 is 1. The standard InChI is InChI=1S/C6H5N5O3/c1-13-5(12)4-9-6(10-14-4)11-3-7-2-8-11/h2-3H,1H3. The molecule has 2 heterocycles. The van der Waals surface area contributed by atoms with E-state index in [1.807, 2.05) is 0 Å². The van der Waals surface area contributed by atoms with Crippen LogP contribution in [-0.2, 0) is 4.74 Å². The number of hydrogen-bond acceptors (Lipinski definition) is 7. The SMILES string of the molecule is COC(=O)c1nc(-n2cncn2)no1. The molecule has 0 fully saturated rings. The van der Waals surface area contributed by atoms with Crippen LogP contribution in [0.3, 0.4) is 0 Å². The molecule has 72 valence electrons. The van der Waals surface area contributed by atoms with Crippen molar-refractivity contribution in [2.45, 2.75) is 0 Å². The van der Waals surface area contributed by atoms with E-state index in [9.17, 15) is 4.79 Å². The molecule has 0 N–H and O–H groups in total. The lowest BCUT2D eigenvalue weighted by Gasteiger charge is -1.88. The zero-order valence-corrected chi connectivity index (χ0v) is 7.12. The zero-order valence-electron chi connectivity index (χ0n) is 7.12. The molecule has 0 aliphatic heterocycles. The van der Waals surface area contributed by atoms with E-state index in [1.165, 1.54) is 24.4 Å². The van der Waals surface area contributed by atoms with Gasteiger partial charge in [0.1, 0.15) is 12.7 Å². The van der Waals surface area contributed by atoms with Gasteiger partial charge in [0.25, 0.3) is 5.95 Å². The van der Waals surface area contributed by atoms with E-state index in [-0.39, 0.29) is 11.8 Å². The molecule has 0 aliphatic carbocycles. The highest BCUT2D eigenvalue weighted by Crippen LogP contribution is 2.01. The first-order valence-corrected chi connectivity index (χ1v) is 3.58. The Morgan fingerprint density at radius 1 is 1.64 bits per heavy atom. The minimum absolute atomic E-state index is 0.128. The number of ether oxygens (including phenoxy) is 1. The van der Waals surface area contributed by atoms with Gasteiger partial charge in [-0.05, 0) is 5.16 Å². The largest absolute Gasteiger partial charge is 0.462 e. The van der Waals surface area contributed by atoms with Crippen LogP contribution in [0.15, 0.2) is 17.2 Å². The summed E-state index contributed by atoms with van der Waals surface area (Å²) in [6, 6.07) is 0. The Kier molecular flexibility index (Phi) is 1.94. The fourth-order valence-corrected chi connectivity index (χ4v) is 0.790. The van der Waals surface area contributed by atoms with Crippen molar-refractivity contribution in [3.05, 3.63) is 18.5 Å². The van der Waals surface area contributed by atoms with Gasteiger partial charge in [0.15, 0.2) is 0 Å². The van der Waals surface area contributed by atoms with E-state index in [1.54, 1.807) is 0 Å². The number of hydrogen-bond donors (Lipinski definition) is 0. The number of rotatable bonds is 2. The molecule has 0 atom stereocenters. The summed E-state index contributed by atoms with van der Waals surface area (Å²) in [6.45, 7) is 0. The lowest BCUT2D eigenvalue weighted by molar-refractivity contribution is 0.0545. The third kappa shape index (κ3) is 1.32. The van der Waals surface area contributed by atoms with Gasteiger partial charge in [0, 0.05) is 0 Å². The lowest BCUT2D eigenvalue weighted by atomic mass is 10.7. The predicted molar refractivity (Wildman–Crippen MR) is 40.6 cm³/mol. The predicted octanol–water partition coefficient (Wildman–Crippen LogP) is -0.563. The molecular formula is C6H5N5O3. The summed E-state index contributed by atoms with van der Waals surface area (Å²) in [5.41, 5.74) is 0. The molecule has 0 spiro atoms. The molecule has 0 aliphatic rings. The monoisotopic (exact) mass is 195 g/mol. The quantitative estimate of drug-likeness (QED) is 0.592. The molecule has 0 bridgehead atoms. The second kappa shape index (κ2) is 3.24. The number of carbonyl (C=O) groups is 1. The van der Waals surface area contributed by atoms with Crippen molar-refractivity contribution in [2.75, 3.05) is 7.11 Å². The van der Waals surface area contributed by atoms with E-state index < -0.39 is 5.97 Å². The first-order valence-electron chi connectivity index (χ1n) is 3.58. The van der Waals surface area contributed by atoms with Crippen LogP contribution >= 0.6 is 0 Å². The minimum Gasteiger partial charge on any atom is -0.462 e. The highest BCUT2D eigenvalue weighted by molar-refractivity contribution is 5.83. The Bertz CT molecular complexity index is 434. The third-order valence-electron chi connectivity index (χ3n) is 1.40. The summed E-state index contributed by atoms with van der Waals surface area (Å²) in [5, 5.41) is 7.25. The average molecular weight is 195 g/mol. The van der Waals surface area contributed by atoms with Gasteiger partial charge in [-0.3, -0.25) is 0 Å². The van der Waals surface area contributed by atoms with Gasteiger partial charge in [-0.25, -0.2) is 9.78 Å². The Balaban J connectivity index is 2.31. The van der Waals surface area contributed by atoms with Crippen LogP contribution in [0.4, 0.5) is 0 Å². The average Bonchev–Trinajstić information content (AvgIpc) is 2.86. The van der Waals surface area contributed by atoms with Gasteiger partial charge in [-0.1, -0.05) is 0 Å². The molecular weight excluding hydrogens is 190 g/mol. The van der Waals surface area contributed by atoms with Crippen LogP contribution < -0.4 is 0 Å². The minimum atomic E-state index is -0.691. The molecule has 14 heavy (non-hydrogen) atoms. The van der Waals surface area contributed by atoms with Crippen molar-refractivity contribution in [1.82, 2.24) is 24.9 Å². The van der Waals surface area contributed by atoms with Crippen molar-refractivity contribution >= 4 is 5.97 Å². The molecule has 2 rings (SSSR count). The van der Waals surface area contributed by atoms with Crippen molar-refractivity contribution in [3.63, 3.8) is 0 Å². The molecule has 0 radical (unpaired) electrons. The highest BCUT2D eigenvalue weighted by atomic mass is 16.6. The van der Waals surface area contributed by atoms with Gasteiger partial charge in [0.2, 0.25) is 0 Å². The Morgan fingerprint density at radius 2 is 2.50 bits per heavy atom. The van der Waals surface area contributed by atoms with Crippen LogP contribution in [0.1, 0.15) is 10.7 Å². The van der Waals surface area contributed by atoms with Crippen LogP contribution in [0.2, 0.25) is 0 Å². The maximum Gasteiger partial charge on any atom is 0.397 e. The summed E-state index contributed by atoms with van der Waals surface area (Å²) in [5.74, 6) is -0.787. The second-order valence-corrected chi connectivity index (χ2v) is 2.23. The number of esters is 1. The van der Waals surface area contributed by atoms with E-state index in [0.29, 0.717) is 0 Å². The molecule has 0 saturated heterocycles. The van der Waals surface area contributed by atoms with Gasteiger partial charge in [0.05, 0.1) is 7.11 Å². The van der Waals surface area contributed by atoms with Gasteiger partial charge >= 0.3 is 11.9 Å². The molecule has 8 heteroatoms. The third-order valence-corrected chi connectivity index (χ3v) is 1.40. The van der Waals surface area contributed by atoms with Crippen molar-refractivity contribution in [3.8, 4) is 5.95 Å². The van der Waals surface area contributed by atoms with Crippen molar-refractivity contribution in [2.24, 2.45) is 0 Å². The smallest absolute Gasteiger partial charge is 0.397 e. The lowest BCUT2D eigenvalue weighted by Crippen LogP contribution is -2.02. The Labute approximate surface area is 77.5 Å². The molecule has 0 aromatic carbocycles. The maximum atomic E-state index is 10.9. The Morgan fingerprint density at radius 3 is 3.14 bits per heavy atom. The fraction of sp³-hybridized carbons (Fsp3) is 0.167. The van der Waals surface area contributed by atoms with Gasteiger partial charge in [-0.2, -0.15) is 14.8 Å². The van der Waals surface area contributed by atoms with Crippen molar-refractivity contribution in [1.29, 1.82) is 0 Å². The zero-order chi connectivity index (χ0) is 9.97. The highest BCUT2D eigenvalue weighted by Gasteiger charge is 2.16. The summed E-state index contributed by atoms with van der Waals surface area (Å²) in [6.07, 6.45) is 2.69. The maximum absolute atomic E-state index is 10.9. The van der Waals surface area contributed by atoms with Crippen LogP contribution in [0.5, 0.6) is 0 Å². The van der Waals surface area contributed by atoms with Crippen LogP contribution in [0, 0.1) is 0 Å². The summed E-state index contributed by atoms with van der Waals surface area (Å²) in [4.78, 5) is 18.4.